The maximum atomic E-state index is 5.70. The van der Waals surface area contributed by atoms with Crippen molar-refractivity contribution in [2.75, 3.05) is 32.8 Å². The van der Waals surface area contributed by atoms with Crippen LogP contribution in [-0.2, 0) is 4.74 Å². The molecule has 5 aliphatic heterocycles. The van der Waals surface area contributed by atoms with Gasteiger partial charge in [0.2, 0.25) is 0 Å². The Morgan fingerprint density at radius 3 is 2.88 bits per heavy atom. The summed E-state index contributed by atoms with van der Waals surface area (Å²) in [5, 5.41) is 0. The van der Waals surface area contributed by atoms with Crippen LogP contribution in [0.15, 0.2) is 23.6 Å². The van der Waals surface area contributed by atoms with Crippen molar-refractivity contribution in [3.63, 3.8) is 0 Å². The van der Waals surface area contributed by atoms with E-state index in [2.05, 4.69) is 22.1 Å². The number of piperidine rings is 3. The molecule has 3 heteroatoms. The molecule has 0 spiro atoms. The van der Waals surface area contributed by atoms with Crippen LogP contribution in [0.3, 0.4) is 0 Å². The van der Waals surface area contributed by atoms with Crippen LogP contribution in [0.2, 0.25) is 0 Å². The third kappa shape index (κ3) is 1.60. The van der Waals surface area contributed by atoms with Crippen LogP contribution < -0.4 is 0 Å². The van der Waals surface area contributed by atoms with Crippen molar-refractivity contribution >= 4 is 0 Å². The lowest BCUT2D eigenvalue weighted by atomic mass is 9.83. The van der Waals surface area contributed by atoms with E-state index in [1.807, 2.05) is 0 Å². The standard InChI is InChI=1S/C14H20N2O/c1-5-15-6-2-11(1)13(9-15)16-7-3-12-4-8-17-14(12)10-16/h3,10-11,13H,1-2,4-9H2/t13-/m1/s1. The van der Waals surface area contributed by atoms with Crippen molar-refractivity contribution in [2.24, 2.45) is 5.92 Å². The average molecular weight is 232 g/mol. The number of nitrogens with zero attached hydrogens (tertiary/aromatic N) is 2. The molecule has 17 heavy (non-hydrogen) atoms. The molecule has 4 fully saturated rings. The van der Waals surface area contributed by atoms with Gasteiger partial charge in [-0.2, -0.15) is 0 Å². The van der Waals surface area contributed by atoms with Crippen molar-refractivity contribution in [1.82, 2.24) is 9.80 Å². The van der Waals surface area contributed by atoms with Gasteiger partial charge in [0.1, 0.15) is 5.76 Å². The number of allylic oxidation sites excluding steroid dienone is 1. The molecule has 1 atom stereocenters. The summed E-state index contributed by atoms with van der Waals surface area (Å²) < 4.78 is 5.70. The van der Waals surface area contributed by atoms with Crippen molar-refractivity contribution in [1.29, 1.82) is 0 Å². The predicted molar refractivity (Wildman–Crippen MR) is 66.4 cm³/mol. The van der Waals surface area contributed by atoms with Crippen LogP contribution in [0.5, 0.6) is 0 Å². The molecule has 2 bridgehead atoms. The topological polar surface area (TPSA) is 15.7 Å². The van der Waals surface area contributed by atoms with Gasteiger partial charge in [-0.05, 0) is 37.4 Å². The van der Waals surface area contributed by atoms with Gasteiger partial charge in [0.05, 0.1) is 6.61 Å². The molecule has 0 amide bonds. The smallest absolute Gasteiger partial charge is 0.138 e. The maximum absolute atomic E-state index is 5.70. The summed E-state index contributed by atoms with van der Waals surface area (Å²) in [6, 6.07) is 0.729. The van der Waals surface area contributed by atoms with Crippen molar-refractivity contribution in [3.05, 3.63) is 23.6 Å². The fraction of sp³-hybridized carbons (Fsp3) is 0.714. The first-order valence-electron chi connectivity index (χ1n) is 6.92. The number of ether oxygens (including phenoxy) is 1. The van der Waals surface area contributed by atoms with Gasteiger partial charge in [0.25, 0.3) is 0 Å². The molecule has 5 rings (SSSR count). The van der Waals surface area contributed by atoms with Crippen LogP contribution in [0.25, 0.3) is 0 Å². The monoisotopic (exact) mass is 232 g/mol. The predicted octanol–water partition coefficient (Wildman–Crippen LogP) is 1.58. The third-order valence-corrected chi connectivity index (χ3v) is 4.82. The van der Waals surface area contributed by atoms with Gasteiger partial charge < -0.3 is 14.5 Å². The molecule has 92 valence electrons. The van der Waals surface area contributed by atoms with E-state index in [0.717, 1.165) is 37.3 Å². The summed E-state index contributed by atoms with van der Waals surface area (Å²) in [6.07, 6.45) is 8.55. The second kappa shape index (κ2) is 3.77. The van der Waals surface area contributed by atoms with Gasteiger partial charge in [0.15, 0.2) is 0 Å². The molecule has 0 radical (unpaired) electrons. The van der Waals surface area contributed by atoms with Crippen molar-refractivity contribution in [2.45, 2.75) is 25.3 Å². The first-order valence-corrected chi connectivity index (χ1v) is 6.92. The van der Waals surface area contributed by atoms with Crippen molar-refractivity contribution in [3.8, 4) is 0 Å². The fourth-order valence-corrected chi connectivity index (χ4v) is 3.77. The van der Waals surface area contributed by atoms with E-state index in [1.54, 1.807) is 0 Å². The quantitative estimate of drug-likeness (QED) is 0.683. The Labute approximate surface area is 103 Å². The Morgan fingerprint density at radius 2 is 2.12 bits per heavy atom. The summed E-state index contributed by atoms with van der Waals surface area (Å²) >= 11 is 0. The lowest BCUT2D eigenvalue weighted by Gasteiger charge is -2.49. The number of hydrogen-bond donors (Lipinski definition) is 0. The van der Waals surface area contributed by atoms with Crippen LogP contribution in [0.4, 0.5) is 0 Å². The highest BCUT2D eigenvalue weighted by atomic mass is 16.5. The highest BCUT2D eigenvalue weighted by Gasteiger charge is 2.37. The summed E-state index contributed by atoms with van der Waals surface area (Å²) in [4.78, 5) is 5.15. The van der Waals surface area contributed by atoms with Gasteiger partial charge in [-0.25, -0.2) is 0 Å². The lowest BCUT2D eigenvalue weighted by Crippen LogP contribution is -2.56. The molecule has 4 saturated heterocycles. The van der Waals surface area contributed by atoms with Gasteiger partial charge in [-0.1, -0.05) is 6.08 Å². The molecule has 5 heterocycles. The molecule has 0 unspecified atom stereocenters. The summed E-state index contributed by atoms with van der Waals surface area (Å²) in [6.45, 7) is 5.88. The first-order chi connectivity index (χ1) is 8.40. The fourth-order valence-electron chi connectivity index (χ4n) is 3.77. The number of hydrogen-bond acceptors (Lipinski definition) is 3. The highest BCUT2D eigenvalue weighted by Crippen LogP contribution is 2.34. The van der Waals surface area contributed by atoms with Gasteiger partial charge in [0, 0.05) is 31.8 Å². The number of fused-ring (bicyclic) bond motifs is 4. The second-order valence-corrected chi connectivity index (χ2v) is 5.72. The zero-order valence-corrected chi connectivity index (χ0v) is 10.3. The summed E-state index contributed by atoms with van der Waals surface area (Å²) in [7, 11) is 0. The molecule has 0 aliphatic carbocycles. The Kier molecular flexibility index (Phi) is 2.22. The first kappa shape index (κ1) is 10.0. The van der Waals surface area contributed by atoms with Crippen LogP contribution >= 0.6 is 0 Å². The van der Waals surface area contributed by atoms with Crippen LogP contribution in [0.1, 0.15) is 19.3 Å². The Bertz CT molecular complexity index is 380. The molecule has 0 aromatic heterocycles. The molecular weight excluding hydrogens is 212 g/mol. The van der Waals surface area contributed by atoms with E-state index >= 15 is 0 Å². The van der Waals surface area contributed by atoms with Gasteiger partial charge in [-0.3, -0.25) is 0 Å². The minimum Gasteiger partial charge on any atom is -0.491 e. The SMILES string of the molecule is C1=C2CCOC2=CN([C@@H]2CN3CCC2CC3)C1. The van der Waals surface area contributed by atoms with E-state index in [4.69, 9.17) is 4.74 Å². The zero-order valence-electron chi connectivity index (χ0n) is 10.3. The Balaban J connectivity index is 1.55. The average Bonchev–Trinajstić information content (AvgIpc) is 2.87. The number of rotatable bonds is 1. The maximum Gasteiger partial charge on any atom is 0.138 e. The normalized spacial score (nSPS) is 39.5. The van der Waals surface area contributed by atoms with E-state index in [9.17, 15) is 0 Å². The molecule has 3 nitrogen and oxygen atoms in total. The van der Waals surface area contributed by atoms with E-state index in [0.29, 0.717) is 0 Å². The second-order valence-electron chi connectivity index (χ2n) is 5.72. The van der Waals surface area contributed by atoms with E-state index in [-0.39, 0.29) is 0 Å². The largest absolute Gasteiger partial charge is 0.491 e. The molecule has 0 aromatic carbocycles. The minimum absolute atomic E-state index is 0.729. The van der Waals surface area contributed by atoms with Gasteiger partial charge >= 0.3 is 0 Å². The zero-order chi connectivity index (χ0) is 11.2. The molecule has 5 aliphatic rings. The lowest BCUT2D eigenvalue weighted by molar-refractivity contribution is 0.0275. The molecular formula is C14H20N2O. The highest BCUT2D eigenvalue weighted by molar-refractivity contribution is 5.32. The van der Waals surface area contributed by atoms with Crippen LogP contribution in [0, 0.1) is 5.92 Å². The van der Waals surface area contributed by atoms with Crippen molar-refractivity contribution < 1.29 is 4.74 Å². The van der Waals surface area contributed by atoms with E-state index < -0.39 is 0 Å². The summed E-state index contributed by atoms with van der Waals surface area (Å²) in [5.74, 6) is 2.06. The Hall–Kier alpha value is -0.960. The molecule has 0 saturated carbocycles. The van der Waals surface area contributed by atoms with E-state index in [1.165, 1.54) is 38.0 Å². The third-order valence-electron chi connectivity index (χ3n) is 4.82. The van der Waals surface area contributed by atoms with Crippen LogP contribution in [-0.4, -0.2) is 48.6 Å². The molecule has 0 aromatic rings. The Morgan fingerprint density at radius 1 is 1.24 bits per heavy atom. The van der Waals surface area contributed by atoms with Gasteiger partial charge in [-0.15, -0.1) is 0 Å². The minimum atomic E-state index is 0.729. The molecule has 0 N–H and O–H groups in total. The summed E-state index contributed by atoms with van der Waals surface area (Å²) in [5.41, 5.74) is 1.43.